The van der Waals surface area contributed by atoms with Crippen LogP contribution in [0.4, 0.5) is 0 Å². The zero-order chi connectivity index (χ0) is 9.64. The summed E-state index contributed by atoms with van der Waals surface area (Å²) in [4.78, 5) is 2.36. The molecule has 0 bridgehead atoms. The normalized spacial score (nSPS) is 38.0. The van der Waals surface area contributed by atoms with Crippen molar-refractivity contribution in [1.29, 1.82) is 5.26 Å². The molecule has 0 aromatic carbocycles. The summed E-state index contributed by atoms with van der Waals surface area (Å²) < 4.78 is 0. The number of fused-ring (bicyclic) bond motifs is 1. The van der Waals surface area contributed by atoms with Crippen LogP contribution in [0.5, 0.6) is 0 Å². The smallest absolute Gasteiger partial charge is 0.0975 e. The molecule has 1 heterocycles. The highest BCUT2D eigenvalue weighted by molar-refractivity contribution is 5.13. The van der Waals surface area contributed by atoms with Crippen LogP contribution in [0.1, 0.15) is 27.2 Å². The van der Waals surface area contributed by atoms with E-state index in [1.54, 1.807) is 0 Å². The van der Waals surface area contributed by atoms with E-state index in [-0.39, 0.29) is 6.04 Å². The molecule has 1 saturated heterocycles. The van der Waals surface area contributed by atoms with Gasteiger partial charge < -0.3 is 0 Å². The molecule has 1 aliphatic heterocycles. The third-order valence-corrected chi connectivity index (χ3v) is 4.13. The highest BCUT2D eigenvalue weighted by Crippen LogP contribution is 2.62. The number of rotatable bonds is 2. The van der Waals surface area contributed by atoms with Crippen LogP contribution in [0.25, 0.3) is 0 Å². The molecule has 1 aliphatic carbocycles. The molecule has 2 heteroatoms. The Kier molecular flexibility index (Phi) is 1.89. The fraction of sp³-hybridized carbons (Fsp3) is 0.909. The van der Waals surface area contributed by atoms with Gasteiger partial charge in [-0.05, 0) is 23.7 Å². The number of likely N-dealkylation sites (tertiary alicyclic amines) is 1. The van der Waals surface area contributed by atoms with Gasteiger partial charge in [0.05, 0.1) is 12.1 Å². The number of hydrogen-bond acceptors (Lipinski definition) is 2. The second kappa shape index (κ2) is 2.72. The highest BCUT2D eigenvalue weighted by Gasteiger charge is 2.62. The molecule has 13 heavy (non-hydrogen) atoms. The van der Waals surface area contributed by atoms with Gasteiger partial charge in [0.25, 0.3) is 0 Å². The Morgan fingerprint density at radius 2 is 2.00 bits per heavy atom. The topological polar surface area (TPSA) is 27.0 Å². The highest BCUT2D eigenvalue weighted by atomic mass is 15.2. The van der Waals surface area contributed by atoms with Crippen molar-refractivity contribution >= 4 is 0 Å². The maximum Gasteiger partial charge on any atom is 0.0975 e. The summed E-state index contributed by atoms with van der Waals surface area (Å²) in [7, 11) is 0. The zero-order valence-corrected chi connectivity index (χ0v) is 8.75. The van der Waals surface area contributed by atoms with Crippen LogP contribution in [0.3, 0.4) is 0 Å². The molecule has 0 N–H and O–H groups in total. The van der Waals surface area contributed by atoms with E-state index in [0.29, 0.717) is 5.41 Å². The lowest BCUT2D eigenvalue weighted by Gasteiger charge is -2.25. The van der Waals surface area contributed by atoms with E-state index in [4.69, 9.17) is 5.26 Å². The summed E-state index contributed by atoms with van der Waals surface area (Å²) in [5.74, 6) is 1.74. The van der Waals surface area contributed by atoms with E-state index >= 15 is 0 Å². The van der Waals surface area contributed by atoms with Crippen LogP contribution in [0, 0.1) is 28.6 Å². The lowest BCUT2D eigenvalue weighted by atomic mass is 10.1. The van der Waals surface area contributed by atoms with Crippen molar-refractivity contribution < 1.29 is 0 Å². The van der Waals surface area contributed by atoms with Crippen molar-refractivity contribution in [3.8, 4) is 6.07 Å². The fourth-order valence-electron chi connectivity index (χ4n) is 2.85. The first-order valence-electron chi connectivity index (χ1n) is 5.25. The Morgan fingerprint density at radius 1 is 1.46 bits per heavy atom. The quantitative estimate of drug-likeness (QED) is 0.645. The van der Waals surface area contributed by atoms with Crippen molar-refractivity contribution in [2.24, 2.45) is 17.3 Å². The molecular weight excluding hydrogens is 160 g/mol. The standard InChI is InChI=1S/C11H18N2/c1-4-8(5-12)13-6-9-10(7-13)11(9,2)3/h8-10H,4,6-7H2,1-3H3. The van der Waals surface area contributed by atoms with Crippen molar-refractivity contribution in [3.05, 3.63) is 0 Å². The van der Waals surface area contributed by atoms with Crippen LogP contribution >= 0.6 is 0 Å². The molecule has 3 unspecified atom stereocenters. The SMILES string of the molecule is CCC(C#N)N1CC2C(C1)C2(C)C. The van der Waals surface area contributed by atoms with E-state index in [1.807, 2.05) is 0 Å². The minimum Gasteiger partial charge on any atom is -0.287 e. The Bertz CT molecular complexity index is 237. The fourth-order valence-corrected chi connectivity index (χ4v) is 2.85. The van der Waals surface area contributed by atoms with Crippen LogP contribution in [0.15, 0.2) is 0 Å². The predicted molar refractivity (Wildman–Crippen MR) is 52.0 cm³/mol. The first-order valence-corrected chi connectivity index (χ1v) is 5.25. The van der Waals surface area contributed by atoms with Gasteiger partial charge in [-0.2, -0.15) is 5.26 Å². The number of nitrogens with zero attached hydrogens (tertiary/aromatic N) is 2. The van der Waals surface area contributed by atoms with E-state index in [1.165, 1.54) is 0 Å². The van der Waals surface area contributed by atoms with E-state index in [9.17, 15) is 0 Å². The summed E-state index contributed by atoms with van der Waals surface area (Å²) in [6, 6.07) is 2.56. The lowest BCUT2D eigenvalue weighted by molar-refractivity contribution is 0.220. The van der Waals surface area contributed by atoms with Gasteiger partial charge in [0.15, 0.2) is 0 Å². The second-order valence-electron chi connectivity index (χ2n) is 5.04. The molecule has 2 rings (SSSR count). The Hall–Kier alpha value is -0.550. The summed E-state index contributed by atoms with van der Waals surface area (Å²) in [6.45, 7) is 9.12. The van der Waals surface area contributed by atoms with E-state index < -0.39 is 0 Å². The minimum absolute atomic E-state index is 0.170. The van der Waals surface area contributed by atoms with Gasteiger partial charge in [0, 0.05) is 13.1 Å². The molecule has 0 aromatic heterocycles. The average Bonchev–Trinajstić information content (AvgIpc) is 2.54. The Labute approximate surface area is 80.5 Å². The van der Waals surface area contributed by atoms with Gasteiger partial charge in [-0.25, -0.2) is 0 Å². The van der Waals surface area contributed by atoms with Crippen LogP contribution in [-0.4, -0.2) is 24.0 Å². The molecule has 72 valence electrons. The van der Waals surface area contributed by atoms with Crippen molar-refractivity contribution in [2.75, 3.05) is 13.1 Å². The van der Waals surface area contributed by atoms with Crippen LogP contribution in [0.2, 0.25) is 0 Å². The predicted octanol–water partition coefficient (Wildman–Crippen LogP) is 1.88. The van der Waals surface area contributed by atoms with Gasteiger partial charge in [-0.3, -0.25) is 4.90 Å². The first-order chi connectivity index (χ1) is 6.11. The van der Waals surface area contributed by atoms with Crippen LogP contribution < -0.4 is 0 Å². The molecule has 2 fully saturated rings. The van der Waals surface area contributed by atoms with Crippen molar-refractivity contribution in [1.82, 2.24) is 4.90 Å². The van der Waals surface area contributed by atoms with Crippen LogP contribution in [-0.2, 0) is 0 Å². The van der Waals surface area contributed by atoms with Gasteiger partial charge >= 0.3 is 0 Å². The van der Waals surface area contributed by atoms with Crippen molar-refractivity contribution in [3.63, 3.8) is 0 Å². The molecule has 0 radical (unpaired) electrons. The molecule has 0 spiro atoms. The zero-order valence-electron chi connectivity index (χ0n) is 8.75. The molecule has 2 nitrogen and oxygen atoms in total. The van der Waals surface area contributed by atoms with Gasteiger partial charge in [0.2, 0.25) is 0 Å². The molecule has 0 amide bonds. The molecule has 3 atom stereocenters. The monoisotopic (exact) mass is 178 g/mol. The Balaban J connectivity index is 1.94. The number of nitriles is 1. The van der Waals surface area contributed by atoms with E-state index in [2.05, 4.69) is 31.7 Å². The summed E-state index contributed by atoms with van der Waals surface area (Å²) in [5, 5.41) is 8.93. The number of hydrogen-bond donors (Lipinski definition) is 0. The van der Waals surface area contributed by atoms with E-state index in [0.717, 1.165) is 31.3 Å². The maximum atomic E-state index is 8.93. The van der Waals surface area contributed by atoms with Gasteiger partial charge in [0.1, 0.15) is 0 Å². The van der Waals surface area contributed by atoms with Crippen molar-refractivity contribution in [2.45, 2.75) is 33.2 Å². The summed E-state index contributed by atoms with van der Waals surface area (Å²) in [6.07, 6.45) is 0.969. The lowest BCUT2D eigenvalue weighted by Crippen LogP contribution is -2.35. The maximum absolute atomic E-state index is 8.93. The number of piperidine rings is 1. The Morgan fingerprint density at radius 3 is 2.38 bits per heavy atom. The molecule has 2 aliphatic rings. The van der Waals surface area contributed by atoms with Gasteiger partial charge in [-0.1, -0.05) is 20.8 Å². The molecule has 1 saturated carbocycles. The molecular formula is C11H18N2. The molecule has 0 aromatic rings. The summed E-state index contributed by atoms with van der Waals surface area (Å²) in [5.41, 5.74) is 0.574. The first kappa shape index (κ1) is 9.02. The minimum atomic E-state index is 0.170. The third-order valence-electron chi connectivity index (χ3n) is 4.13. The summed E-state index contributed by atoms with van der Waals surface area (Å²) >= 11 is 0. The third kappa shape index (κ3) is 1.18. The second-order valence-corrected chi connectivity index (χ2v) is 5.04. The largest absolute Gasteiger partial charge is 0.287 e. The van der Waals surface area contributed by atoms with Gasteiger partial charge in [-0.15, -0.1) is 0 Å². The average molecular weight is 178 g/mol.